The first-order valence-corrected chi connectivity index (χ1v) is 11.8. The lowest BCUT2D eigenvalue weighted by Crippen LogP contribution is -2.42. The number of rotatable bonds is 3. The number of amides is 1. The fraction of sp³-hybridized carbons (Fsp3) is 0.450. The van der Waals surface area contributed by atoms with Gasteiger partial charge in [0.15, 0.2) is 0 Å². The van der Waals surface area contributed by atoms with Gasteiger partial charge in [0, 0.05) is 25.7 Å². The van der Waals surface area contributed by atoms with Gasteiger partial charge in [-0.1, -0.05) is 24.3 Å². The van der Waals surface area contributed by atoms with E-state index in [1.807, 2.05) is 30.0 Å². The fourth-order valence-corrected chi connectivity index (χ4v) is 6.77. The van der Waals surface area contributed by atoms with Crippen LogP contribution in [-0.2, 0) is 23.0 Å². The van der Waals surface area contributed by atoms with Crippen molar-refractivity contribution >= 4 is 27.3 Å². The van der Waals surface area contributed by atoms with Crippen LogP contribution in [0.2, 0.25) is 0 Å². The van der Waals surface area contributed by atoms with Crippen molar-refractivity contribution in [3.05, 3.63) is 51.7 Å². The van der Waals surface area contributed by atoms with Gasteiger partial charge >= 0.3 is 0 Å². The Balaban J connectivity index is 1.62. The zero-order chi connectivity index (χ0) is 19.0. The van der Waals surface area contributed by atoms with Gasteiger partial charge < -0.3 is 4.90 Å². The highest BCUT2D eigenvalue weighted by Gasteiger charge is 2.34. The van der Waals surface area contributed by atoms with E-state index in [0.717, 1.165) is 24.8 Å². The topological polar surface area (TPSA) is 57.7 Å². The number of carbonyl (C=O) groups is 1. The van der Waals surface area contributed by atoms with Crippen LogP contribution in [0.15, 0.2) is 40.6 Å². The Morgan fingerprint density at radius 2 is 1.89 bits per heavy atom. The van der Waals surface area contributed by atoms with E-state index in [0.29, 0.717) is 30.9 Å². The van der Waals surface area contributed by atoms with E-state index in [9.17, 15) is 13.2 Å². The third kappa shape index (κ3) is 3.44. The SMILES string of the molecule is CC1CCCCN1C(=O)c1sccc1S(=O)(=O)N1CCc2ccccc2C1. The van der Waals surface area contributed by atoms with Crippen molar-refractivity contribution in [3.63, 3.8) is 0 Å². The van der Waals surface area contributed by atoms with Crippen LogP contribution in [0.1, 0.15) is 47.0 Å². The van der Waals surface area contributed by atoms with E-state index in [-0.39, 0.29) is 16.8 Å². The van der Waals surface area contributed by atoms with Gasteiger partial charge in [0.25, 0.3) is 5.91 Å². The van der Waals surface area contributed by atoms with E-state index < -0.39 is 10.0 Å². The van der Waals surface area contributed by atoms with E-state index in [1.54, 1.807) is 11.4 Å². The second-order valence-corrected chi connectivity index (χ2v) is 10.1. The highest BCUT2D eigenvalue weighted by atomic mass is 32.2. The Morgan fingerprint density at radius 1 is 1.11 bits per heavy atom. The average Bonchev–Trinajstić information content (AvgIpc) is 3.18. The highest BCUT2D eigenvalue weighted by Crippen LogP contribution is 2.31. The Kier molecular flexibility index (Phi) is 5.09. The maximum absolute atomic E-state index is 13.3. The summed E-state index contributed by atoms with van der Waals surface area (Å²) >= 11 is 1.23. The van der Waals surface area contributed by atoms with Crippen molar-refractivity contribution in [3.8, 4) is 0 Å². The molecule has 0 N–H and O–H groups in total. The summed E-state index contributed by atoms with van der Waals surface area (Å²) in [5.41, 5.74) is 2.24. The Hall–Kier alpha value is -1.70. The summed E-state index contributed by atoms with van der Waals surface area (Å²) in [6.07, 6.45) is 3.77. The van der Waals surface area contributed by atoms with Crippen molar-refractivity contribution < 1.29 is 13.2 Å². The molecule has 1 unspecified atom stereocenters. The molecular formula is C20H24N2O3S2. The first-order chi connectivity index (χ1) is 13.0. The number of likely N-dealkylation sites (tertiary alicyclic amines) is 1. The average molecular weight is 405 g/mol. The van der Waals surface area contributed by atoms with Crippen LogP contribution in [0, 0.1) is 0 Å². The quantitative estimate of drug-likeness (QED) is 0.787. The van der Waals surface area contributed by atoms with Crippen molar-refractivity contribution in [1.29, 1.82) is 0 Å². The molecule has 5 nitrogen and oxygen atoms in total. The monoisotopic (exact) mass is 404 g/mol. The fourth-order valence-electron chi connectivity index (χ4n) is 4.00. The van der Waals surface area contributed by atoms with Crippen molar-refractivity contribution in [2.24, 2.45) is 0 Å². The van der Waals surface area contributed by atoms with Gasteiger partial charge in [-0.15, -0.1) is 11.3 Å². The number of hydrogen-bond donors (Lipinski definition) is 0. The van der Waals surface area contributed by atoms with Crippen LogP contribution in [-0.4, -0.2) is 42.7 Å². The maximum Gasteiger partial charge on any atom is 0.265 e. The molecule has 27 heavy (non-hydrogen) atoms. The lowest BCUT2D eigenvalue weighted by atomic mass is 10.0. The number of thiophene rings is 1. The van der Waals surface area contributed by atoms with Crippen LogP contribution < -0.4 is 0 Å². The van der Waals surface area contributed by atoms with Gasteiger partial charge in [0.05, 0.1) is 0 Å². The molecule has 1 aromatic carbocycles. The number of piperidine rings is 1. The molecule has 0 spiro atoms. The highest BCUT2D eigenvalue weighted by molar-refractivity contribution is 7.89. The van der Waals surface area contributed by atoms with Gasteiger partial charge in [-0.05, 0) is 55.2 Å². The largest absolute Gasteiger partial charge is 0.335 e. The molecule has 0 bridgehead atoms. The summed E-state index contributed by atoms with van der Waals surface area (Å²) in [4.78, 5) is 15.4. The van der Waals surface area contributed by atoms with Crippen molar-refractivity contribution in [2.45, 2.75) is 50.1 Å². The summed E-state index contributed by atoms with van der Waals surface area (Å²) in [5, 5.41) is 1.71. The predicted molar refractivity (Wildman–Crippen MR) is 106 cm³/mol. The zero-order valence-corrected chi connectivity index (χ0v) is 17.1. The van der Waals surface area contributed by atoms with Crippen LogP contribution in [0.5, 0.6) is 0 Å². The molecule has 144 valence electrons. The molecule has 2 aromatic rings. The summed E-state index contributed by atoms with van der Waals surface area (Å²) in [5.74, 6) is -0.145. The molecule has 3 heterocycles. The molecule has 1 aromatic heterocycles. The summed E-state index contributed by atoms with van der Waals surface area (Å²) in [6.45, 7) is 3.56. The molecule has 2 aliphatic rings. The van der Waals surface area contributed by atoms with Crippen LogP contribution in [0.25, 0.3) is 0 Å². The lowest BCUT2D eigenvalue weighted by molar-refractivity contribution is 0.0637. The molecule has 0 aliphatic carbocycles. The molecule has 0 radical (unpaired) electrons. The van der Waals surface area contributed by atoms with E-state index in [2.05, 4.69) is 6.07 Å². The molecule has 1 fully saturated rings. The second-order valence-electron chi connectivity index (χ2n) is 7.31. The number of nitrogens with zero attached hydrogens (tertiary/aromatic N) is 2. The minimum Gasteiger partial charge on any atom is -0.335 e. The standard InChI is InChI=1S/C20H24N2O3S2/c1-15-6-4-5-11-22(15)20(23)19-18(10-13-26-19)27(24,25)21-12-9-16-7-2-3-8-17(16)14-21/h2-3,7-8,10,13,15H,4-6,9,11-12,14H2,1H3. The number of hydrogen-bond acceptors (Lipinski definition) is 4. The number of fused-ring (bicyclic) bond motifs is 1. The Morgan fingerprint density at radius 3 is 2.67 bits per heavy atom. The molecule has 1 amide bonds. The second kappa shape index (κ2) is 7.37. The van der Waals surface area contributed by atoms with E-state index in [1.165, 1.54) is 21.2 Å². The van der Waals surface area contributed by atoms with Gasteiger partial charge in [0.2, 0.25) is 10.0 Å². The van der Waals surface area contributed by atoms with Gasteiger partial charge in [0.1, 0.15) is 9.77 Å². The third-order valence-corrected chi connectivity index (χ3v) is 8.52. The lowest BCUT2D eigenvalue weighted by Gasteiger charge is -2.33. The molecule has 1 atom stereocenters. The number of sulfonamides is 1. The van der Waals surface area contributed by atoms with Crippen LogP contribution in [0.3, 0.4) is 0 Å². The third-order valence-electron chi connectivity index (χ3n) is 5.60. The minimum atomic E-state index is -3.70. The van der Waals surface area contributed by atoms with Gasteiger partial charge in [-0.3, -0.25) is 4.79 Å². The molecule has 1 saturated heterocycles. The number of benzene rings is 1. The first-order valence-electron chi connectivity index (χ1n) is 9.44. The van der Waals surface area contributed by atoms with E-state index >= 15 is 0 Å². The Bertz CT molecular complexity index is 952. The molecule has 7 heteroatoms. The molecular weight excluding hydrogens is 380 g/mol. The predicted octanol–water partition coefficient (Wildman–Crippen LogP) is 3.51. The van der Waals surface area contributed by atoms with Gasteiger partial charge in [-0.25, -0.2) is 8.42 Å². The van der Waals surface area contributed by atoms with Gasteiger partial charge in [-0.2, -0.15) is 4.31 Å². The number of carbonyl (C=O) groups excluding carboxylic acids is 1. The zero-order valence-electron chi connectivity index (χ0n) is 15.4. The first kappa shape index (κ1) is 18.7. The normalized spacial score (nSPS) is 21.1. The Labute approximate surface area is 164 Å². The van der Waals surface area contributed by atoms with Crippen molar-refractivity contribution in [1.82, 2.24) is 9.21 Å². The summed E-state index contributed by atoms with van der Waals surface area (Å²) in [7, 11) is -3.70. The molecule has 4 rings (SSSR count). The molecule has 2 aliphatic heterocycles. The van der Waals surface area contributed by atoms with E-state index in [4.69, 9.17) is 0 Å². The summed E-state index contributed by atoms with van der Waals surface area (Å²) < 4.78 is 28.1. The maximum atomic E-state index is 13.3. The van der Waals surface area contributed by atoms with Crippen LogP contribution in [0.4, 0.5) is 0 Å². The molecule has 0 saturated carbocycles. The summed E-state index contributed by atoms with van der Waals surface area (Å²) in [6, 6.07) is 9.70. The van der Waals surface area contributed by atoms with Crippen molar-refractivity contribution in [2.75, 3.05) is 13.1 Å². The smallest absolute Gasteiger partial charge is 0.265 e. The van der Waals surface area contributed by atoms with Crippen LogP contribution >= 0.6 is 11.3 Å². The minimum absolute atomic E-state index is 0.145.